The summed E-state index contributed by atoms with van der Waals surface area (Å²) in [5, 5.41) is 7.42. The van der Waals surface area contributed by atoms with Crippen LogP contribution in [0.4, 0.5) is 0 Å². The van der Waals surface area contributed by atoms with Crippen molar-refractivity contribution in [1.82, 2.24) is 0 Å². The molecular weight excluding hydrogens is 178 g/mol. The molecule has 4 heteroatoms. The molecule has 0 spiro atoms. The van der Waals surface area contributed by atoms with Gasteiger partial charge in [0.2, 0.25) is 0 Å². The van der Waals surface area contributed by atoms with Gasteiger partial charge in [-0.2, -0.15) is 0 Å². The van der Waals surface area contributed by atoms with Gasteiger partial charge in [-0.1, -0.05) is 0 Å². The average molecular weight is 183 g/mol. The fourth-order valence-electron chi connectivity index (χ4n) is 0. The minimum Gasteiger partial charge on any atom is -0.481 e. The van der Waals surface area contributed by atoms with Crippen molar-refractivity contribution in [2.75, 3.05) is 0 Å². The molecule has 0 heterocycles. The van der Waals surface area contributed by atoms with Crippen molar-refractivity contribution in [1.29, 1.82) is 0 Å². The second kappa shape index (κ2) is 9.09. The van der Waals surface area contributed by atoms with Crippen molar-refractivity contribution in [3.8, 4) is 0 Å². The van der Waals surface area contributed by atoms with Crippen LogP contribution in [0.25, 0.3) is 0 Å². The monoisotopic (exact) mass is 182 g/mol. The molecule has 0 saturated heterocycles. The maximum atomic E-state index is 9.00. The molecule has 0 aliphatic carbocycles. The second-order valence-corrected chi connectivity index (χ2v) is 0.519. The first-order valence-electron chi connectivity index (χ1n) is 0.928. The molecular formula is C2H4CoCuO2. The van der Waals surface area contributed by atoms with E-state index in [1.165, 1.54) is 0 Å². The molecule has 0 aliphatic rings. The predicted octanol–water partition coefficient (Wildman–Crippen LogP) is 0.0859. The molecule has 0 aromatic heterocycles. The van der Waals surface area contributed by atoms with Crippen molar-refractivity contribution < 1.29 is 43.7 Å². The molecule has 0 fully saturated rings. The maximum Gasteiger partial charge on any atom is 0.300 e. The molecule has 0 atom stereocenters. The number of carboxylic acids is 1. The van der Waals surface area contributed by atoms with Gasteiger partial charge >= 0.3 is 0 Å². The fraction of sp³-hybridized carbons (Fsp3) is 0.500. The molecule has 44 valence electrons. The molecule has 2 nitrogen and oxygen atoms in total. The summed E-state index contributed by atoms with van der Waals surface area (Å²) >= 11 is 0. The largest absolute Gasteiger partial charge is 0.481 e. The van der Waals surface area contributed by atoms with Crippen LogP contribution in [0.2, 0.25) is 0 Å². The van der Waals surface area contributed by atoms with E-state index in [-0.39, 0.29) is 33.8 Å². The van der Waals surface area contributed by atoms with E-state index in [1.54, 1.807) is 0 Å². The van der Waals surface area contributed by atoms with Crippen LogP contribution < -0.4 is 0 Å². The molecule has 0 aromatic carbocycles. The van der Waals surface area contributed by atoms with Crippen LogP contribution in [0, 0.1) is 0 Å². The SMILES string of the molecule is CC(=O)O.[Co].[Cu]. The molecule has 0 bridgehead atoms. The number of carboxylic acid groups (broad SMARTS) is 1. The Morgan fingerprint density at radius 2 is 1.67 bits per heavy atom. The zero-order valence-corrected chi connectivity index (χ0v) is 4.97. The van der Waals surface area contributed by atoms with E-state index in [9.17, 15) is 0 Å². The second-order valence-electron chi connectivity index (χ2n) is 0.519. The minimum atomic E-state index is -0.833. The van der Waals surface area contributed by atoms with E-state index in [1.807, 2.05) is 0 Å². The minimum absolute atomic E-state index is 0. The summed E-state index contributed by atoms with van der Waals surface area (Å²) in [7, 11) is 0. The van der Waals surface area contributed by atoms with E-state index >= 15 is 0 Å². The third-order valence-electron chi connectivity index (χ3n) is 0. The van der Waals surface area contributed by atoms with Gasteiger partial charge in [0.15, 0.2) is 0 Å². The van der Waals surface area contributed by atoms with Crippen LogP contribution in [0.1, 0.15) is 6.92 Å². The number of carbonyl (C=O) groups is 1. The first-order chi connectivity index (χ1) is 1.73. The van der Waals surface area contributed by atoms with Crippen LogP contribution in [-0.4, -0.2) is 11.1 Å². The van der Waals surface area contributed by atoms with E-state index in [2.05, 4.69) is 0 Å². The average Bonchev–Trinajstić information content (AvgIpc) is 0.811. The van der Waals surface area contributed by atoms with E-state index < -0.39 is 5.97 Å². The Labute approximate surface area is 57.0 Å². The van der Waals surface area contributed by atoms with Gasteiger partial charge in [0.1, 0.15) is 0 Å². The Balaban J connectivity index is -0.0000000450. The van der Waals surface area contributed by atoms with Crippen molar-refractivity contribution in [2.45, 2.75) is 6.92 Å². The third kappa shape index (κ3) is 223. The summed E-state index contributed by atoms with van der Waals surface area (Å²) in [6.45, 7) is 1.08. The first kappa shape index (κ1) is 16.1. The zero-order chi connectivity index (χ0) is 3.58. The van der Waals surface area contributed by atoms with Gasteiger partial charge in [-0.15, -0.1) is 0 Å². The smallest absolute Gasteiger partial charge is 0.300 e. The Bertz CT molecular complexity index is 34.5. The molecule has 0 unspecified atom stereocenters. The van der Waals surface area contributed by atoms with Crippen molar-refractivity contribution >= 4 is 5.97 Å². The molecule has 6 heavy (non-hydrogen) atoms. The van der Waals surface area contributed by atoms with E-state index in [4.69, 9.17) is 9.90 Å². The first-order valence-corrected chi connectivity index (χ1v) is 0.928. The topological polar surface area (TPSA) is 37.3 Å². The molecule has 2 radical (unpaired) electrons. The molecule has 0 rings (SSSR count). The van der Waals surface area contributed by atoms with Gasteiger partial charge in [-0.05, 0) is 0 Å². The fourth-order valence-corrected chi connectivity index (χ4v) is 0. The number of hydrogen-bond donors (Lipinski definition) is 1. The third-order valence-corrected chi connectivity index (χ3v) is 0. The Kier molecular flexibility index (Phi) is 24.3. The van der Waals surface area contributed by atoms with Gasteiger partial charge in [0.05, 0.1) is 0 Å². The van der Waals surface area contributed by atoms with Crippen molar-refractivity contribution in [2.24, 2.45) is 0 Å². The Morgan fingerprint density at radius 3 is 1.67 bits per heavy atom. The van der Waals surface area contributed by atoms with Crippen LogP contribution in [0.15, 0.2) is 0 Å². The van der Waals surface area contributed by atoms with Gasteiger partial charge in [-0.3, -0.25) is 4.79 Å². The number of hydrogen-bond acceptors (Lipinski definition) is 1. The van der Waals surface area contributed by atoms with E-state index in [0.29, 0.717) is 0 Å². The van der Waals surface area contributed by atoms with Gasteiger partial charge in [0.25, 0.3) is 5.97 Å². The van der Waals surface area contributed by atoms with Gasteiger partial charge in [-0.25, -0.2) is 0 Å². The maximum absolute atomic E-state index is 9.00. The predicted molar refractivity (Wildman–Crippen MR) is 13.3 cm³/mol. The summed E-state index contributed by atoms with van der Waals surface area (Å²) < 4.78 is 0. The van der Waals surface area contributed by atoms with E-state index in [0.717, 1.165) is 6.92 Å². The van der Waals surface area contributed by atoms with Crippen LogP contribution in [0.5, 0.6) is 0 Å². The normalized spacial score (nSPS) is 4.17. The van der Waals surface area contributed by atoms with Crippen LogP contribution in [0.3, 0.4) is 0 Å². The zero-order valence-electron chi connectivity index (χ0n) is 2.99. The molecule has 0 aromatic rings. The van der Waals surface area contributed by atoms with Crippen LogP contribution >= 0.6 is 0 Å². The van der Waals surface area contributed by atoms with Gasteiger partial charge < -0.3 is 5.11 Å². The quantitative estimate of drug-likeness (QED) is 0.539. The Hall–Kier alpha value is 0.496. The van der Waals surface area contributed by atoms with Crippen molar-refractivity contribution in [3.63, 3.8) is 0 Å². The number of rotatable bonds is 0. The van der Waals surface area contributed by atoms with Crippen LogP contribution in [-0.2, 0) is 38.6 Å². The summed E-state index contributed by atoms with van der Waals surface area (Å²) in [4.78, 5) is 9.00. The summed E-state index contributed by atoms with van der Waals surface area (Å²) in [5.74, 6) is -0.833. The standard InChI is InChI=1S/C2H4O2.Co.Cu/c1-2(3)4;;/h1H3,(H,3,4);;. The summed E-state index contributed by atoms with van der Waals surface area (Å²) in [6, 6.07) is 0. The summed E-state index contributed by atoms with van der Waals surface area (Å²) in [6.07, 6.45) is 0. The van der Waals surface area contributed by atoms with Crippen molar-refractivity contribution in [3.05, 3.63) is 0 Å². The molecule has 0 amide bonds. The summed E-state index contributed by atoms with van der Waals surface area (Å²) in [5.41, 5.74) is 0. The Morgan fingerprint density at radius 1 is 1.67 bits per heavy atom. The molecule has 1 N–H and O–H groups in total. The molecule has 0 aliphatic heterocycles. The number of aliphatic carboxylic acids is 1. The van der Waals surface area contributed by atoms with Gasteiger partial charge in [0, 0.05) is 40.8 Å². The molecule has 0 saturated carbocycles.